The number of carboxylic acid groups (broad SMARTS) is 1. The van der Waals surface area contributed by atoms with Gasteiger partial charge in [0.05, 0.1) is 19.8 Å². The molecular formula is C18H27NO6. The van der Waals surface area contributed by atoms with Crippen molar-refractivity contribution in [3.63, 3.8) is 0 Å². The lowest BCUT2D eigenvalue weighted by Crippen LogP contribution is -2.35. The van der Waals surface area contributed by atoms with Gasteiger partial charge in [-0.05, 0) is 51.8 Å². The number of aliphatic carboxylic acids is 1. The molecule has 0 spiro atoms. The number of carbonyl (C=O) groups is 2. The van der Waals surface area contributed by atoms with Crippen LogP contribution in [0, 0.1) is 0 Å². The quantitative estimate of drug-likeness (QED) is 0.742. The fraction of sp³-hybridized carbons (Fsp3) is 0.556. The van der Waals surface area contributed by atoms with Gasteiger partial charge in [-0.2, -0.15) is 0 Å². The lowest BCUT2D eigenvalue weighted by atomic mass is 10.0. The van der Waals surface area contributed by atoms with Crippen molar-refractivity contribution in [3.05, 3.63) is 23.8 Å². The molecule has 0 heterocycles. The molecule has 1 unspecified atom stereocenters. The van der Waals surface area contributed by atoms with Gasteiger partial charge in [0.25, 0.3) is 0 Å². The molecule has 1 aromatic carbocycles. The fourth-order valence-electron chi connectivity index (χ4n) is 2.22. The Morgan fingerprint density at radius 1 is 1.24 bits per heavy atom. The Bertz CT molecular complexity index is 594. The topological polar surface area (TPSA) is 94.1 Å². The highest BCUT2D eigenvalue weighted by atomic mass is 16.6. The number of alkyl carbamates (subject to hydrolysis) is 1. The number of carboxylic acids is 1. The van der Waals surface area contributed by atoms with Crippen molar-refractivity contribution in [1.82, 2.24) is 5.32 Å². The number of hydrogen-bond acceptors (Lipinski definition) is 5. The summed E-state index contributed by atoms with van der Waals surface area (Å²) in [6.45, 7) is 7.60. The Kier molecular flexibility index (Phi) is 7.54. The molecule has 25 heavy (non-hydrogen) atoms. The minimum absolute atomic E-state index is 0.0868. The van der Waals surface area contributed by atoms with Crippen LogP contribution in [0.25, 0.3) is 0 Å². The zero-order valence-corrected chi connectivity index (χ0v) is 15.4. The predicted molar refractivity (Wildman–Crippen MR) is 93.1 cm³/mol. The minimum Gasteiger partial charge on any atom is -0.493 e. The molecule has 0 aromatic heterocycles. The Morgan fingerprint density at radius 2 is 1.92 bits per heavy atom. The molecule has 140 valence electrons. The van der Waals surface area contributed by atoms with Crippen LogP contribution in [-0.4, -0.2) is 36.5 Å². The van der Waals surface area contributed by atoms with E-state index in [9.17, 15) is 9.59 Å². The summed E-state index contributed by atoms with van der Waals surface area (Å²) in [5.74, 6) is 0.170. The Labute approximate surface area is 148 Å². The summed E-state index contributed by atoms with van der Waals surface area (Å²) in [5, 5.41) is 11.7. The van der Waals surface area contributed by atoms with E-state index >= 15 is 0 Å². The first-order valence-corrected chi connectivity index (χ1v) is 8.18. The molecule has 1 atom stereocenters. The largest absolute Gasteiger partial charge is 0.493 e. The average Bonchev–Trinajstić information content (AvgIpc) is 2.49. The Hall–Kier alpha value is -2.44. The number of amides is 1. The summed E-state index contributed by atoms with van der Waals surface area (Å²) in [7, 11) is 1.54. The molecule has 0 saturated carbocycles. The van der Waals surface area contributed by atoms with Gasteiger partial charge < -0.3 is 24.6 Å². The second-order valence-corrected chi connectivity index (χ2v) is 6.47. The number of nitrogens with one attached hydrogen (secondary N) is 1. The molecule has 7 heteroatoms. The minimum atomic E-state index is -0.936. The molecule has 0 fully saturated rings. The highest BCUT2D eigenvalue weighted by Gasteiger charge is 2.22. The predicted octanol–water partition coefficient (Wildman–Crippen LogP) is 3.52. The molecule has 7 nitrogen and oxygen atoms in total. The Morgan fingerprint density at radius 3 is 2.44 bits per heavy atom. The maximum Gasteiger partial charge on any atom is 0.408 e. The van der Waals surface area contributed by atoms with E-state index in [0.29, 0.717) is 18.1 Å². The number of hydrogen-bond donors (Lipinski definition) is 2. The number of ether oxygens (including phenoxy) is 3. The maximum absolute atomic E-state index is 12.1. The van der Waals surface area contributed by atoms with Crippen LogP contribution < -0.4 is 14.8 Å². The zero-order chi connectivity index (χ0) is 19.0. The van der Waals surface area contributed by atoms with Crippen LogP contribution in [0.5, 0.6) is 11.5 Å². The van der Waals surface area contributed by atoms with Crippen LogP contribution in [-0.2, 0) is 9.53 Å². The van der Waals surface area contributed by atoms with Crippen molar-refractivity contribution in [3.8, 4) is 11.5 Å². The van der Waals surface area contributed by atoms with Crippen LogP contribution in [0.2, 0.25) is 0 Å². The molecule has 0 aliphatic rings. The van der Waals surface area contributed by atoms with Crippen molar-refractivity contribution in [2.45, 2.75) is 52.2 Å². The summed E-state index contributed by atoms with van der Waals surface area (Å²) in [6, 6.07) is 4.72. The number of methoxy groups -OCH3 is 1. The summed E-state index contributed by atoms with van der Waals surface area (Å²) in [5.41, 5.74) is 0.0778. The first kappa shape index (κ1) is 20.6. The molecule has 2 N–H and O–H groups in total. The van der Waals surface area contributed by atoms with Gasteiger partial charge >= 0.3 is 12.1 Å². The van der Waals surface area contributed by atoms with E-state index in [-0.39, 0.29) is 12.8 Å². The first-order chi connectivity index (χ1) is 11.7. The van der Waals surface area contributed by atoms with Crippen molar-refractivity contribution < 1.29 is 28.9 Å². The SMILES string of the molecule is CCOc1cc(C(CCC(=O)O)NC(=O)OC(C)(C)C)ccc1OC. The summed E-state index contributed by atoms with van der Waals surface area (Å²) in [4.78, 5) is 23.0. The average molecular weight is 353 g/mol. The van der Waals surface area contributed by atoms with E-state index in [1.807, 2.05) is 6.92 Å². The third-order valence-electron chi connectivity index (χ3n) is 3.23. The lowest BCUT2D eigenvalue weighted by molar-refractivity contribution is -0.137. The monoisotopic (exact) mass is 353 g/mol. The maximum atomic E-state index is 12.1. The van der Waals surface area contributed by atoms with Crippen LogP contribution in [0.4, 0.5) is 4.79 Å². The van der Waals surface area contributed by atoms with Gasteiger partial charge in [0.2, 0.25) is 0 Å². The normalized spacial score (nSPS) is 12.2. The molecule has 0 bridgehead atoms. The van der Waals surface area contributed by atoms with Gasteiger partial charge in [0, 0.05) is 6.42 Å². The molecule has 0 saturated heterocycles. The van der Waals surface area contributed by atoms with E-state index < -0.39 is 23.7 Å². The standard InChI is InChI=1S/C18H27NO6/c1-6-24-15-11-12(7-9-14(15)23-5)13(8-10-16(20)21)19-17(22)25-18(2,3)4/h7,9,11,13H,6,8,10H2,1-5H3,(H,19,22)(H,20,21). The molecule has 0 aliphatic heterocycles. The van der Waals surface area contributed by atoms with Crippen molar-refractivity contribution in [2.75, 3.05) is 13.7 Å². The third kappa shape index (κ3) is 7.32. The number of benzene rings is 1. The third-order valence-corrected chi connectivity index (χ3v) is 3.23. The smallest absolute Gasteiger partial charge is 0.408 e. The van der Waals surface area contributed by atoms with Crippen LogP contribution in [0.1, 0.15) is 52.1 Å². The summed E-state index contributed by atoms with van der Waals surface area (Å²) >= 11 is 0. The molecule has 0 radical (unpaired) electrons. The van der Waals surface area contributed by atoms with Gasteiger partial charge in [-0.25, -0.2) is 4.79 Å². The molecule has 1 aromatic rings. The lowest BCUT2D eigenvalue weighted by Gasteiger charge is -2.24. The van der Waals surface area contributed by atoms with E-state index in [2.05, 4.69) is 5.32 Å². The van der Waals surface area contributed by atoms with E-state index in [1.165, 1.54) is 0 Å². The molecular weight excluding hydrogens is 326 g/mol. The van der Waals surface area contributed by atoms with Crippen LogP contribution in [0.3, 0.4) is 0 Å². The van der Waals surface area contributed by atoms with Crippen molar-refractivity contribution in [1.29, 1.82) is 0 Å². The first-order valence-electron chi connectivity index (χ1n) is 8.18. The van der Waals surface area contributed by atoms with Gasteiger partial charge in [0.15, 0.2) is 11.5 Å². The number of rotatable bonds is 8. The van der Waals surface area contributed by atoms with E-state index in [0.717, 1.165) is 5.56 Å². The highest BCUT2D eigenvalue weighted by Crippen LogP contribution is 2.31. The fourth-order valence-corrected chi connectivity index (χ4v) is 2.22. The highest BCUT2D eigenvalue weighted by molar-refractivity contribution is 5.69. The van der Waals surface area contributed by atoms with Crippen molar-refractivity contribution in [2.24, 2.45) is 0 Å². The molecule has 0 aliphatic carbocycles. The van der Waals surface area contributed by atoms with E-state index in [1.54, 1.807) is 46.1 Å². The molecule has 1 amide bonds. The van der Waals surface area contributed by atoms with Gasteiger partial charge in [-0.15, -0.1) is 0 Å². The zero-order valence-electron chi connectivity index (χ0n) is 15.4. The van der Waals surface area contributed by atoms with Gasteiger partial charge in [-0.3, -0.25) is 4.79 Å². The van der Waals surface area contributed by atoms with Crippen LogP contribution >= 0.6 is 0 Å². The van der Waals surface area contributed by atoms with E-state index in [4.69, 9.17) is 19.3 Å². The number of carbonyl (C=O) groups excluding carboxylic acids is 1. The Balaban J connectivity index is 3.03. The van der Waals surface area contributed by atoms with Gasteiger partial charge in [-0.1, -0.05) is 6.07 Å². The molecule has 1 rings (SSSR count). The van der Waals surface area contributed by atoms with Crippen molar-refractivity contribution >= 4 is 12.1 Å². The second kappa shape index (κ2) is 9.15. The second-order valence-electron chi connectivity index (χ2n) is 6.47. The summed E-state index contributed by atoms with van der Waals surface area (Å²) in [6.07, 6.45) is -0.459. The van der Waals surface area contributed by atoms with Gasteiger partial charge in [0.1, 0.15) is 5.60 Å². The van der Waals surface area contributed by atoms with Crippen LogP contribution in [0.15, 0.2) is 18.2 Å². The summed E-state index contributed by atoms with van der Waals surface area (Å²) < 4.78 is 16.1.